The van der Waals surface area contributed by atoms with Crippen LogP contribution in [0.15, 0.2) is 24.3 Å². The number of amides is 3. The molecule has 2 heterocycles. The fourth-order valence-corrected chi connectivity index (χ4v) is 5.01. The molecule has 25 heavy (non-hydrogen) atoms. The van der Waals surface area contributed by atoms with Crippen LogP contribution in [0.4, 0.5) is 10.5 Å². The molecule has 6 heteroatoms. The molecule has 0 aliphatic carbocycles. The molecule has 136 valence electrons. The molecule has 5 nitrogen and oxygen atoms in total. The first-order valence-corrected chi connectivity index (χ1v) is 9.98. The number of carbonyl (C=O) groups is 2. The van der Waals surface area contributed by atoms with Crippen molar-refractivity contribution in [1.29, 1.82) is 0 Å². The fourth-order valence-electron chi connectivity index (χ4n) is 3.54. The topological polar surface area (TPSA) is 52.7 Å². The molecule has 2 aliphatic rings. The first kappa shape index (κ1) is 18.1. The van der Waals surface area contributed by atoms with Gasteiger partial charge in [0.05, 0.1) is 4.87 Å². The smallest absolute Gasteiger partial charge is 0.321 e. The lowest BCUT2D eigenvalue weighted by atomic mass is 10.0. The Morgan fingerprint density at radius 2 is 1.76 bits per heavy atom. The van der Waals surface area contributed by atoms with Crippen molar-refractivity contribution < 1.29 is 9.59 Å². The molecule has 0 atom stereocenters. The molecule has 2 saturated heterocycles. The number of thioether (sulfide) groups is 1. The molecule has 1 aromatic carbocycles. The molecule has 0 aromatic heterocycles. The average molecular weight is 362 g/mol. The van der Waals surface area contributed by atoms with Gasteiger partial charge in [0.1, 0.15) is 0 Å². The third kappa shape index (κ3) is 3.78. The summed E-state index contributed by atoms with van der Waals surface area (Å²) in [5.41, 5.74) is 1.99. The highest BCUT2D eigenvalue weighted by Gasteiger charge is 2.47. The van der Waals surface area contributed by atoms with E-state index < -0.39 is 0 Å². The Morgan fingerprint density at radius 3 is 2.36 bits per heavy atom. The van der Waals surface area contributed by atoms with Gasteiger partial charge in [-0.25, -0.2) is 4.79 Å². The van der Waals surface area contributed by atoms with Gasteiger partial charge in [0.25, 0.3) is 0 Å². The summed E-state index contributed by atoms with van der Waals surface area (Å²) in [5.74, 6) is 1.26. The van der Waals surface area contributed by atoms with Gasteiger partial charge in [-0.2, -0.15) is 0 Å². The molecule has 1 aromatic rings. The number of hydrogen-bond acceptors (Lipinski definition) is 3. The number of carbonyl (C=O) groups excluding carboxylic acids is 2. The van der Waals surface area contributed by atoms with Gasteiger partial charge in [0.2, 0.25) is 5.91 Å². The highest BCUT2D eigenvalue weighted by molar-refractivity contribution is 8.00. The van der Waals surface area contributed by atoms with Gasteiger partial charge < -0.3 is 15.1 Å². The van der Waals surface area contributed by atoms with Crippen LogP contribution in [-0.4, -0.2) is 52.0 Å². The average Bonchev–Trinajstić information content (AvgIpc) is 2.99. The minimum Gasteiger partial charge on any atom is -0.327 e. The Kier molecular flexibility index (Phi) is 5.27. The molecule has 3 amide bonds. The molecule has 1 spiro atoms. The van der Waals surface area contributed by atoms with Crippen LogP contribution in [0.2, 0.25) is 0 Å². The summed E-state index contributed by atoms with van der Waals surface area (Å²) >= 11 is 1.89. The lowest BCUT2D eigenvalue weighted by Gasteiger charge is -2.44. The predicted molar refractivity (Wildman–Crippen MR) is 103 cm³/mol. The molecule has 0 saturated carbocycles. The summed E-state index contributed by atoms with van der Waals surface area (Å²) in [5, 5.41) is 2.97. The second kappa shape index (κ2) is 7.28. The van der Waals surface area contributed by atoms with Gasteiger partial charge in [-0.3, -0.25) is 4.79 Å². The van der Waals surface area contributed by atoms with E-state index in [1.807, 2.05) is 61.7 Å². The second-order valence-electron chi connectivity index (χ2n) is 7.22. The number of piperidine rings is 1. The van der Waals surface area contributed by atoms with Crippen LogP contribution in [0.1, 0.15) is 32.3 Å². The van der Waals surface area contributed by atoms with Crippen molar-refractivity contribution >= 4 is 29.4 Å². The standard InChI is InChI=1S/C19H27N3O2S/c1-14(2)17(23)22-12-13-25-19(22)8-10-21(11-9-19)18(24)20-16-6-4-15(3)5-7-16/h4-7,14H,8-13H2,1-3H3,(H,20,24). The first-order valence-electron chi connectivity index (χ1n) is 8.99. The third-order valence-corrected chi connectivity index (χ3v) is 6.62. The number of benzene rings is 1. The molecule has 1 N–H and O–H groups in total. The maximum absolute atomic E-state index is 12.5. The van der Waals surface area contributed by atoms with Gasteiger partial charge in [-0.05, 0) is 31.9 Å². The van der Waals surface area contributed by atoms with Gasteiger partial charge in [0, 0.05) is 37.0 Å². The van der Waals surface area contributed by atoms with Crippen LogP contribution in [0.3, 0.4) is 0 Å². The number of likely N-dealkylation sites (tertiary alicyclic amines) is 1. The summed E-state index contributed by atoms with van der Waals surface area (Å²) in [6.45, 7) is 8.15. The number of hydrogen-bond donors (Lipinski definition) is 1. The number of anilines is 1. The third-order valence-electron chi connectivity index (χ3n) is 5.07. The van der Waals surface area contributed by atoms with Crippen molar-refractivity contribution in [2.24, 2.45) is 5.92 Å². The lowest BCUT2D eigenvalue weighted by molar-refractivity contribution is -0.137. The molecule has 0 bridgehead atoms. The minimum atomic E-state index is -0.109. The highest BCUT2D eigenvalue weighted by atomic mass is 32.2. The Balaban J connectivity index is 1.60. The van der Waals surface area contributed by atoms with Crippen molar-refractivity contribution in [3.05, 3.63) is 29.8 Å². The quantitative estimate of drug-likeness (QED) is 0.876. The van der Waals surface area contributed by atoms with E-state index in [0.29, 0.717) is 13.1 Å². The van der Waals surface area contributed by atoms with E-state index in [1.165, 1.54) is 5.56 Å². The zero-order chi connectivity index (χ0) is 18.0. The Hall–Kier alpha value is -1.69. The number of nitrogens with zero attached hydrogens (tertiary/aromatic N) is 2. The van der Waals surface area contributed by atoms with Crippen LogP contribution in [-0.2, 0) is 4.79 Å². The van der Waals surface area contributed by atoms with E-state index in [2.05, 4.69) is 10.2 Å². The van der Waals surface area contributed by atoms with Crippen LogP contribution in [0, 0.1) is 12.8 Å². The van der Waals surface area contributed by atoms with Crippen molar-refractivity contribution in [3.63, 3.8) is 0 Å². The van der Waals surface area contributed by atoms with E-state index in [1.54, 1.807) is 0 Å². The number of nitrogens with one attached hydrogen (secondary N) is 1. The van der Waals surface area contributed by atoms with Crippen molar-refractivity contribution in [1.82, 2.24) is 9.80 Å². The van der Waals surface area contributed by atoms with E-state index in [0.717, 1.165) is 30.8 Å². The fraction of sp³-hybridized carbons (Fsp3) is 0.579. The largest absolute Gasteiger partial charge is 0.327 e. The summed E-state index contributed by atoms with van der Waals surface area (Å²) < 4.78 is 0. The molecule has 0 unspecified atom stereocenters. The molecule has 2 aliphatic heterocycles. The molecule has 3 rings (SSSR count). The van der Waals surface area contributed by atoms with Gasteiger partial charge in [0.15, 0.2) is 0 Å². The summed E-state index contributed by atoms with van der Waals surface area (Å²) in [4.78, 5) is 28.9. The van der Waals surface area contributed by atoms with Crippen LogP contribution >= 0.6 is 11.8 Å². The minimum absolute atomic E-state index is 0.0263. The van der Waals surface area contributed by atoms with E-state index in [-0.39, 0.29) is 22.7 Å². The van der Waals surface area contributed by atoms with E-state index >= 15 is 0 Å². The summed E-state index contributed by atoms with van der Waals surface area (Å²) in [6, 6.07) is 7.78. The Bertz CT molecular complexity index is 637. The van der Waals surface area contributed by atoms with Crippen molar-refractivity contribution in [3.8, 4) is 0 Å². The van der Waals surface area contributed by atoms with Gasteiger partial charge in [-0.1, -0.05) is 31.5 Å². The normalized spacial score (nSPS) is 19.5. The zero-order valence-electron chi connectivity index (χ0n) is 15.2. The zero-order valence-corrected chi connectivity index (χ0v) is 16.1. The van der Waals surface area contributed by atoms with E-state index in [4.69, 9.17) is 0 Å². The maximum atomic E-state index is 12.5. The van der Waals surface area contributed by atoms with E-state index in [9.17, 15) is 9.59 Å². The van der Waals surface area contributed by atoms with Crippen molar-refractivity contribution in [2.45, 2.75) is 38.5 Å². The number of aryl methyl sites for hydroxylation is 1. The van der Waals surface area contributed by atoms with Gasteiger partial charge >= 0.3 is 6.03 Å². The predicted octanol–water partition coefficient (Wildman–Crippen LogP) is 3.55. The Morgan fingerprint density at radius 1 is 1.12 bits per heavy atom. The number of rotatable bonds is 2. The summed E-state index contributed by atoms with van der Waals surface area (Å²) in [7, 11) is 0. The second-order valence-corrected chi connectivity index (χ2v) is 8.68. The maximum Gasteiger partial charge on any atom is 0.321 e. The lowest BCUT2D eigenvalue weighted by Crippen LogP contribution is -2.55. The highest BCUT2D eigenvalue weighted by Crippen LogP contribution is 2.44. The molecule has 0 radical (unpaired) electrons. The van der Waals surface area contributed by atoms with Crippen molar-refractivity contribution in [2.75, 3.05) is 30.7 Å². The monoisotopic (exact) mass is 361 g/mol. The molecular formula is C19H27N3O2S. The Labute approximate surface area is 154 Å². The first-order chi connectivity index (χ1) is 11.9. The molecule has 2 fully saturated rings. The van der Waals surface area contributed by atoms with Crippen LogP contribution in [0.25, 0.3) is 0 Å². The molecular weight excluding hydrogens is 334 g/mol. The summed E-state index contributed by atoms with van der Waals surface area (Å²) in [6.07, 6.45) is 1.69. The van der Waals surface area contributed by atoms with Crippen LogP contribution in [0.5, 0.6) is 0 Å². The van der Waals surface area contributed by atoms with Gasteiger partial charge in [-0.15, -0.1) is 11.8 Å². The number of urea groups is 1. The van der Waals surface area contributed by atoms with Crippen LogP contribution < -0.4 is 5.32 Å². The SMILES string of the molecule is Cc1ccc(NC(=O)N2CCC3(CC2)SCCN3C(=O)C(C)C)cc1.